The molecule has 1 rings (SSSR count). The number of alkyl halides is 2. The van der Waals surface area contributed by atoms with E-state index in [2.05, 4.69) is 13.2 Å². The first-order chi connectivity index (χ1) is 6.02. The van der Waals surface area contributed by atoms with E-state index in [0.717, 1.165) is 0 Å². The quantitative estimate of drug-likeness (QED) is 0.577. The van der Waals surface area contributed by atoms with E-state index in [9.17, 15) is 8.78 Å². The Balaban J connectivity index is 2.86. The summed E-state index contributed by atoms with van der Waals surface area (Å²) in [6.07, 6.45) is 3.85. The Morgan fingerprint density at radius 3 is 1.85 bits per heavy atom. The van der Waals surface area contributed by atoms with E-state index >= 15 is 0 Å². The van der Waals surface area contributed by atoms with Crippen molar-refractivity contribution in [3.05, 3.63) is 25.3 Å². The average Bonchev–Trinajstić information content (AvgIpc) is 2.08. The zero-order chi connectivity index (χ0) is 10.1. The molecule has 2 unspecified atom stereocenters. The lowest BCUT2D eigenvalue weighted by atomic mass is 9.73. The van der Waals surface area contributed by atoms with Crippen LogP contribution >= 0.6 is 0 Å². The van der Waals surface area contributed by atoms with Crippen LogP contribution in [0.25, 0.3) is 0 Å². The molecule has 0 N–H and O–H groups in total. The van der Waals surface area contributed by atoms with Crippen LogP contribution in [0.15, 0.2) is 25.3 Å². The Morgan fingerprint density at radius 2 is 1.54 bits per heavy atom. The highest BCUT2D eigenvalue weighted by Gasteiger charge is 2.48. The lowest BCUT2D eigenvalue weighted by molar-refractivity contribution is -0.110. The summed E-state index contributed by atoms with van der Waals surface area (Å²) in [7, 11) is 0. The Morgan fingerprint density at radius 1 is 1.15 bits per heavy atom. The van der Waals surface area contributed by atoms with Crippen molar-refractivity contribution < 1.29 is 8.78 Å². The van der Waals surface area contributed by atoms with Crippen LogP contribution in [0.3, 0.4) is 0 Å². The molecule has 0 saturated heterocycles. The molecular weight excluding hydrogens is 170 g/mol. The topological polar surface area (TPSA) is 0 Å². The fourth-order valence-corrected chi connectivity index (χ4v) is 2.06. The van der Waals surface area contributed by atoms with E-state index in [1.54, 1.807) is 0 Å². The molecule has 0 bridgehead atoms. The van der Waals surface area contributed by atoms with E-state index in [0.29, 0.717) is 18.8 Å². The standard InChI is InChI=1S/C11H16F2/c1-4-9-6-8(3)7-10(5-2)11(9,12)13/h4-5,8-10H,1-2,6-7H2,3H3. The minimum Gasteiger partial charge on any atom is -0.206 e. The summed E-state index contributed by atoms with van der Waals surface area (Å²) in [6, 6.07) is 0. The van der Waals surface area contributed by atoms with Crippen molar-refractivity contribution >= 4 is 0 Å². The molecule has 1 aliphatic carbocycles. The van der Waals surface area contributed by atoms with Crippen molar-refractivity contribution in [2.24, 2.45) is 17.8 Å². The third kappa shape index (κ3) is 1.82. The predicted molar refractivity (Wildman–Crippen MR) is 50.7 cm³/mol. The predicted octanol–water partition coefficient (Wildman–Crippen LogP) is 3.66. The normalized spacial score (nSPS) is 38.2. The van der Waals surface area contributed by atoms with Gasteiger partial charge in [-0.2, -0.15) is 0 Å². The number of allylic oxidation sites excluding steroid dienone is 2. The monoisotopic (exact) mass is 186 g/mol. The maximum Gasteiger partial charge on any atom is 0.260 e. The lowest BCUT2D eigenvalue weighted by Gasteiger charge is -2.38. The fourth-order valence-electron chi connectivity index (χ4n) is 2.06. The van der Waals surface area contributed by atoms with E-state index < -0.39 is 17.8 Å². The van der Waals surface area contributed by atoms with Crippen molar-refractivity contribution in [3.8, 4) is 0 Å². The molecule has 74 valence electrons. The van der Waals surface area contributed by atoms with Gasteiger partial charge in [-0.3, -0.25) is 0 Å². The van der Waals surface area contributed by atoms with Crippen LogP contribution in [0, 0.1) is 17.8 Å². The summed E-state index contributed by atoms with van der Waals surface area (Å²) in [4.78, 5) is 0. The van der Waals surface area contributed by atoms with Gasteiger partial charge in [0, 0.05) is 11.8 Å². The van der Waals surface area contributed by atoms with Gasteiger partial charge in [0.1, 0.15) is 0 Å². The second-order valence-electron chi connectivity index (χ2n) is 3.94. The Kier molecular flexibility index (Phi) is 2.89. The maximum absolute atomic E-state index is 13.6. The molecule has 1 saturated carbocycles. The molecule has 0 aromatic carbocycles. The second-order valence-corrected chi connectivity index (χ2v) is 3.94. The van der Waals surface area contributed by atoms with Gasteiger partial charge in [0.25, 0.3) is 5.92 Å². The summed E-state index contributed by atoms with van der Waals surface area (Å²) < 4.78 is 27.1. The largest absolute Gasteiger partial charge is 0.260 e. The molecule has 13 heavy (non-hydrogen) atoms. The number of rotatable bonds is 2. The van der Waals surface area contributed by atoms with Crippen LogP contribution in [0.1, 0.15) is 19.8 Å². The minimum absolute atomic E-state index is 0.339. The van der Waals surface area contributed by atoms with Crippen LogP contribution in [0.2, 0.25) is 0 Å². The van der Waals surface area contributed by atoms with Gasteiger partial charge in [-0.05, 0) is 18.8 Å². The molecule has 2 heteroatoms. The van der Waals surface area contributed by atoms with Crippen LogP contribution in [0.5, 0.6) is 0 Å². The maximum atomic E-state index is 13.6. The smallest absolute Gasteiger partial charge is 0.206 e. The first-order valence-corrected chi connectivity index (χ1v) is 4.65. The number of halogens is 2. The molecule has 2 atom stereocenters. The SMILES string of the molecule is C=CC1CC(C)CC(C=C)C1(F)F. The first-order valence-electron chi connectivity index (χ1n) is 4.65. The molecule has 0 heterocycles. The third-order valence-corrected chi connectivity index (χ3v) is 2.87. The number of hydrogen-bond acceptors (Lipinski definition) is 0. The van der Waals surface area contributed by atoms with E-state index in [1.165, 1.54) is 12.2 Å². The first kappa shape index (κ1) is 10.4. The Bertz CT molecular complexity index is 188. The minimum atomic E-state index is -2.64. The molecule has 0 spiro atoms. The average molecular weight is 186 g/mol. The van der Waals surface area contributed by atoms with E-state index in [1.807, 2.05) is 6.92 Å². The fraction of sp³-hybridized carbons (Fsp3) is 0.636. The van der Waals surface area contributed by atoms with Crippen molar-refractivity contribution in [2.75, 3.05) is 0 Å². The Hall–Kier alpha value is -0.660. The van der Waals surface area contributed by atoms with E-state index in [-0.39, 0.29) is 0 Å². The van der Waals surface area contributed by atoms with E-state index in [4.69, 9.17) is 0 Å². The van der Waals surface area contributed by atoms with Crippen LogP contribution in [0.4, 0.5) is 8.78 Å². The van der Waals surface area contributed by atoms with Crippen LogP contribution in [-0.2, 0) is 0 Å². The van der Waals surface area contributed by atoms with Gasteiger partial charge < -0.3 is 0 Å². The van der Waals surface area contributed by atoms with Gasteiger partial charge in [-0.1, -0.05) is 19.1 Å². The highest BCUT2D eigenvalue weighted by atomic mass is 19.3. The van der Waals surface area contributed by atoms with Gasteiger partial charge in [0.05, 0.1) is 0 Å². The van der Waals surface area contributed by atoms with Gasteiger partial charge in [0.2, 0.25) is 0 Å². The molecule has 0 radical (unpaired) electrons. The highest BCUT2D eigenvalue weighted by Crippen LogP contribution is 2.45. The molecule has 0 aromatic heterocycles. The highest BCUT2D eigenvalue weighted by molar-refractivity contribution is 5.03. The van der Waals surface area contributed by atoms with Crippen molar-refractivity contribution in [2.45, 2.75) is 25.7 Å². The molecule has 0 aliphatic heterocycles. The molecular formula is C11H16F2. The summed E-state index contributed by atoms with van der Waals surface area (Å²) in [5, 5.41) is 0. The van der Waals surface area contributed by atoms with Gasteiger partial charge in [0.15, 0.2) is 0 Å². The van der Waals surface area contributed by atoms with Crippen molar-refractivity contribution in [3.63, 3.8) is 0 Å². The van der Waals surface area contributed by atoms with Crippen LogP contribution < -0.4 is 0 Å². The Labute approximate surface area is 78.3 Å². The molecule has 0 amide bonds. The second kappa shape index (κ2) is 3.60. The molecule has 0 nitrogen and oxygen atoms in total. The number of hydrogen-bond donors (Lipinski definition) is 0. The molecule has 1 fully saturated rings. The third-order valence-electron chi connectivity index (χ3n) is 2.87. The lowest BCUT2D eigenvalue weighted by Crippen LogP contribution is -2.40. The molecule has 0 aromatic rings. The summed E-state index contributed by atoms with van der Waals surface area (Å²) >= 11 is 0. The van der Waals surface area contributed by atoms with Crippen molar-refractivity contribution in [1.82, 2.24) is 0 Å². The van der Waals surface area contributed by atoms with Crippen LogP contribution in [-0.4, -0.2) is 5.92 Å². The summed E-state index contributed by atoms with van der Waals surface area (Å²) in [5.41, 5.74) is 0. The van der Waals surface area contributed by atoms with Gasteiger partial charge in [-0.25, -0.2) is 8.78 Å². The summed E-state index contributed by atoms with van der Waals surface area (Å²) in [6.45, 7) is 8.94. The van der Waals surface area contributed by atoms with Gasteiger partial charge in [-0.15, -0.1) is 13.2 Å². The molecule has 1 aliphatic rings. The zero-order valence-corrected chi connectivity index (χ0v) is 7.97. The summed E-state index contributed by atoms with van der Waals surface area (Å²) in [5.74, 6) is -3.67. The van der Waals surface area contributed by atoms with Gasteiger partial charge >= 0.3 is 0 Å². The van der Waals surface area contributed by atoms with Crippen molar-refractivity contribution in [1.29, 1.82) is 0 Å². The zero-order valence-electron chi connectivity index (χ0n) is 7.97.